The number of nitrogens with zero attached hydrogens (tertiary/aromatic N) is 2. The molecule has 5 rings (SSSR count). The van der Waals surface area contributed by atoms with Crippen LogP contribution in [0.1, 0.15) is 75.3 Å². The average molecular weight is 622 g/mol. The van der Waals surface area contributed by atoms with E-state index in [4.69, 9.17) is 11.6 Å². The van der Waals surface area contributed by atoms with Crippen LogP contribution in [0.3, 0.4) is 0 Å². The van der Waals surface area contributed by atoms with Crippen molar-refractivity contribution in [3.05, 3.63) is 70.9 Å². The standard InChI is InChI=1S/C33H40ClN5O3S/c34-25-17-15-23(16-18-25)20-39-21-24(27-11-6-7-12-29(27)39)19-35-38-31(41)14-4-2-1-3-9-26(40)10-5-8-13-30-32-28(22-43-30)36-33(42)37-32/h6-7,11-12,15-19,21,28,30,32H,1-5,8-10,13-14,20,22H2,(H,38,41)(H2,36,37,42). The van der Waals surface area contributed by atoms with Gasteiger partial charge in [0, 0.05) is 64.5 Å². The number of Topliss-reactive ketones (excluding diaryl/α,β-unsaturated/α-hetero) is 1. The minimum absolute atomic E-state index is 0.0491. The largest absolute Gasteiger partial charge is 0.342 e. The van der Waals surface area contributed by atoms with Gasteiger partial charge in [-0.15, -0.1) is 0 Å². The number of unbranched alkanes of at least 4 members (excludes halogenated alkanes) is 4. The zero-order valence-electron chi connectivity index (χ0n) is 24.4. The van der Waals surface area contributed by atoms with E-state index in [1.54, 1.807) is 6.21 Å². The lowest BCUT2D eigenvalue weighted by molar-refractivity contribution is -0.121. The molecule has 10 heteroatoms. The number of ketones is 1. The van der Waals surface area contributed by atoms with Crippen molar-refractivity contribution in [3.63, 3.8) is 0 Å². The van der Waals surface area contributed by atoms with Gasteiger partial charge in [-0.3, -0.25) is 9.59 Å². The highest BCUT2D eigenvalue weighted by atomic mass is 35.5. The van der Waals surface area contributed by atoms with Crippen LogP contribution < -0.4 is 16.1 Å². The van der Waals surface area contributed by atoms with Crippen molar-refractivity contribution in [2.75, 3.05) is 5.75 Å². The third-order valence-electron chi connectivity index (χ3n) is 8.22. The molecule has 0 spiro atoms. The van der Waals surface area contributed by atoms with Crippen LogP contribution in [0.5, 0.6) is 0 Å². The van der Waals surface area contributed by atoms with Crippen molar-refractivity contribution in [3.8, 4) is 0 Å². The summed E-state index contributed by atoms with van der Waals surface area (Å²) in [6, 6.07) is 16.4. The number of hydrazone groups is 1. The number of para-hydroxylation sites is 1. The van der Waals surface area contributed by atoms with Crippen LogP contribution in [0.15, 0.2) is 59.8 Å². The molecule has 1 aromatic heterocycles. The molecule has 3 atom stereocenters. The van der Waals surface area contributed by atoms with E-state index in [0.717, 1.165) is 77.8 Å². The van der Waals surface area contributed by atoms with Gasteiger partial charge in [-0.2, -0.15) is 16.9 Å². The Hall–Kier alpha value is -3.30. The van der Waals surface area contributed by atoms with E-state index in [1.807, 2.05) is 54.4 Å². The lowest BCUT2D eigenvalue weighted by atomic mass is 10.0. The molecule has 43 heavy (non-hydrogen) atoms. The number of fused-ring (bicyclic) bond motifs is 2. The molecule has 0 aliphatic carbocycles. The summed E-state index contributed by atoms with van der Waals surface area (Å²) < 4.78 is 2.17. The smallest absolute Gasteiger partial charge is 0.315 e. The first-order chi connectivity index (χ1) is 21.0. The van der Waals surface area contributed by atoms with Crippen LogP contribution in [-0.4, -0.2) is 51.6 Å². The third-order valence-corrected chi connectivity index (χ3v) is 9.98. The fourth-order valence-corrected chi connectivity index (χ4v) is 7.59. The Morgan fingerprint density at radius 2 is 1.72 bits per heavy atom. The first-order valence-electron chi connectivity index (χ1n) is 15.3. The summed E-state index contributed by atoms with van der Waals surface area (Å²) in [6.45, 7) is 0.712. The monoisotopic (exact) mass is 621 g/mol. The zero-order valence-corrected chi connectivity index (χ0v) is 26.0. The van der Waals surface area contributed by atoms with Crippen LogP contribution in [-0.2, 0) is 16.1 Å². The second-order valence-electron chi connectivity index (χ2n) is 11.5. The van der Waals surface area contributed by atoms with E-state index in [0.29, 0.717) is 36.8 Å². The van der Waals surface area contributed by atoms with Gasteiger partial charge in [0.15, 0.2) is 0 Å². The lowest BCUT2D eigenvalue weighted by Gasteiger charge is -2.16. The minimum Gasteiger partial charge on any atom is -0.342 e. The Kier molecular flexibility index (Phi) is 11.2. The number of amides is 3. The number of thioether (sulfide) groups is 1. The number of hydrogen-bond acceptors (Lipinski definition) is 5. The van der Waals surface area contributed by atoms with Gasteiger partial charge >= 0.3 is 6.03 Å². The fourth-order valence-electron chi connectivity index (χ4n) is 5.92. The van der Waals surface area contributed by atoms with Crippen LogP contribution in [0, 0.1) is 0 Å². The summed E-state index contributed by atoms with van der Waals surface area (Å²) in [5.41, 5.74) is 5.86. The molecular weight excluding hydrogens is 582 g/mol. The second-order valence-corrected chi connectivity index (χ2v) is 13.2. The van der Waals surface area contributed by atoms with Crippen molar-refractivity contribution in [1.29, 1.82) is 0 Å². The first kappa shape index (κ1) is 31.1. The summed E-state index contributed by atoms with van der Waals surface area (Å²) in [5.74, 6) is 1.20. The van der Waals surface area contributed by atoms with Crippen molar-refractivity contribution in [1.82, 2.24) is 20.6 Å². The van der Waals surface area contributed by atoms with Gasteiger partial charge in [-0.05, 0) is 49.4 Å². The Bertz CT molecular complexity index is 1440. The maximum absolute atomic E-state index is 12.3. The molecule has 3 amide bonds. The number of carbonyl (C=O) groups excluding carboxylic acids is 3. The normalized spacial score (nSPS) is 19.5. The van der Waals surface area contributed by atoms with E-state index in [2.05, 4.69) is 37.9 Å². The van der Waals surface area contributed by atoms with Crippen LogP contribution in [0.4, 0.5) is 4.79 Å². The quantitative estimate of drug-likeness (QED) is 0.0742. The highest BCUT2D eigenvalue weighted by molar-refractivity contribution is 8.00. The molecule has 228 valence electrons. The van der Waals surface area contributed by atoms with Gasteiger partial charge in [0.1, 0.15) is 5.78 Å². The molecule has 3 unspecified atom stereocenters. The van der Waals surface area contributed by atoms with Gasteiger partial charge < -0.3 is 15.2 Å². The molecule has 0 radical (unpaired) electrons. The average Bonchev–Trinajstić information content (AvgIpc) is 3.67. The number of rotatable bonds is 16. The summed E-state index contributed by atoms with van der Waals surface area (Å²) >= 11 is 7.95. The van der Waals surface area contributed by atoms with Crippen molar-refractivity contribution >= 4 is 58.2 Å². The SMILES string of the molecule is O=C(CCCCCCC(=O)NN=Cc1cn(Cc2ccc(Cl)cc2)c2ccccc12)CCCCC1SCC2NC(=O)NC21. The molecule has 2 aliphatic rings. The molecule has 2 fully saturated rings. The molecule has 8 nitrogen and oxygen atoms in total. The molecule has 2 saturated heterocycles. The number of benzene rings is 2. The molecular formula is C33H40ClN5O3S. The van der Waals surface area contributed by atoms with E-state index in [9.17, 15) is 14.4 Å². The molecule has 3 N–H and O–H groups in total. The Morgan fingerprint density at radius 3 is 2.53 bits per heavy atom. The molecule has 2 aliphatic heterocycles. The van der Waals surface area contributed by atoms with E-state index in [-0.39, 0.29) is 24.0 Å². The van der Waals surface area contributed by atoms with Gasteiger partial charge in [-0.25, -0.2) is 10.2 Å². The lowest BCUT2D eigenvalue weighted by Crippen LogP contribution is -2.36. The van der Waals surface area contributed by atoms with E-state index in [1.165, 1.54) is 0 Å². The van der Waals surface area contributed by atoms with E-state index >= 15 is 0 Å². The van der Waals surface area contributed by atoms with Gasteiger partial charge in [0.2, 0.25) is 5.91 Å². The fraction of sp³-hybridized carbons (Fsp3) is 0.455. The maximum Gasteiger partial charge on any atom is 0.315 e. The summed E-state index contributed by atoms with van der Waals surface area (Å²) in [5, 5.41) is 12.5. The number of hydrogen-bond donors (Lipinski definition) is 3. The molecule has 2 aromatic carbocycles. The molecule has 0 saturated carbocycles. The topological polar surface area (TPSA) is 105 Å². The third kappa shape index (κ3) is 8.86. The highest BCUT2D eigenvalue weighted by Crippen LogP contribution is 2.33. The second kappa shape index (κ2) is 15.4. The molecule has 3 heterocycles. The number of halogens is 1. The van der Waals surface area contributed by atoms with Crippen LogP contribution in [0.25, 0.3) is 10.9 Å². The van der Waals surface area contributed by atoms with Gasteiger partial charge in [0.05, 0.1) is 18.3 Å². The molecule has 0 bridgehead atoms. The van der Waals surface area contributed by atoms with Crippen molar-refractivity contribution in [2.45, 2.75) is 88.1 Å². The van der Waals surface area contributed by atoms with E-state index < -0.39 is 0 Å². The Morgan fingerprint density at radius 1 is 0.977 bits per heavy atom. The van der Waals surface area contributed by atoms with Crippen molar-refractivity contribution < 1.29 is 14.4 Å². The van der Waals surface area contributed by atoms with Crippen LogP contribution in [0.2, 0.25) is 5.02 Å². The summed E-state index contributed by atoms with van der Waals surface area (Å²) in [6.07, 6.45) is 11.9. The number of nitrogens with one attached hydrogen (secondary N) is 3. The first-order valence-corrected chi connectivity index (χ1v) is 16.7. The Labute approximate surface area is 262 Å². The number of urea groups is 1. The summed E-state index contributed by atoms with van der Waals surface area (Å²) in [7, 11) is 0. The predicted molar refractivity (Wildman–Crippen MR) is 175 cm³/mol. The van der Waals surface area contributed by atoms with Crippen LogP contribution >= 0.6 is 23.4 Å². The summed E-state index contributed by atoms with van der Waals surface area (Å²) in [4.78, 5) is 36.1. The molecule has 3 aromatic rings. The predicted octanol–water partition coefficient (Wildman–Crippen LogP) is 6.43. The highest BCUT2D eigenvalue weighted by Gasteiger charge is 2.42. The van der Waals surface area contributed by atoms with Crippen molar-refractivity contribution in [2.24, 2.45) is 5.10 Å². The number of aromatic nitrogens is 1. The maximum atomic E-state index is 12.3. The Balaban J connectivity index is 0.934. The number of carbonyl (C=O) groups is 3. The van der Waals surface area contributed by atoms with Gasteiger partial charge in [0.25, 0.3) is 0 Å². The minimum atomic E-state index is -0.100. The van der Waals surface area contributed by atoms with Gasteiger partial charge in [-0.1, -0.05) is 61.2 Å². The zero-order chi connectivity index (χ0) is 30.0.